The van der Waals surface area contributed by atoms with Gasteiger partial charge in [0.2, 0.25) is 5.91 Å². The van der Waals surface area contributed by atoms with Gasteiger partial charge in [0, 0.05) is 11.7 Å². The van der Waals surface area contributed by atoms with E-state index in [1.54, 1.807) is 26.0 Å². The third kappa shape index (κ3) is 2.48. The lowest BCUT2D eigenvalue weighted by molar-refractivity contribution is -0.116. The normalized spacial score (nSPS) is 12.1. The zero-order valence-corrected chi connectivity index (χ0v) is 9.08. The van der Waals surface area contributed by atoms with Gasteiger partial charge in [-0.2, -0.15) is 0 Å². The first kappa shape index (κ1) is 9.53. The van der Waals surface area contributed by atoms with E-state index in [0.29, 0.717) is 5.69 Å². The SMILES string of the molecule is [2H]C(C)(C)N(C(=O)CCl)c1ccccc1. The van der Waals surface area contributed by atoms with E-state index in [9.17, 15) is 4.79 Å². The molecule has 1 aromatic carbocycles. The molecule has 0 aliphatic carbocycles. The first-order valence-corrected chi connectivity index (χ1v) is 4.94. The standard InChI is InChI=1S/C11H14ClNO/c1-9(2)13(11(14)8-12)10-6-4-3-5-7-10/h3-7,9H,8H2,1-2H3/i9D. The summed E-state index contributed by atoms with van der Waals surface area (Å²) in [4.78, 5) is 13.0. The summed E-state index contributed by atoms with van der Waals surface area (Å²) in [6.45, 7) is 3.31. The summed E-state index contributed by atoms with van der Waals surface area (Å²) in [5.41, 5.74) is 0.697. The van der Waals surface area contributed by atoms with Crippen molar-refractivity contribution < 1.29 is 6.17 Å². The fraction of sp³-hybridized carbons (Fsp3) is 0.364. The highest BCUT2D eigenvalue weighted by atomic mass is 35.5. The number of hydrogen-bond acceptors (Lipinski definition) is 1. The Bertz CT molecular complexity index is 334. The Balaban J connectivity index is 3.08. The first-order valence-electron chi connectivity index (χ1n) is 4.91. The summed E-state index contributed by atoms with van der Waals surface area (Å²) in [5.74, 6) is -0.375. The van der Waals surface area contributed by atoms with Crippen LogP contribution in [0, 0.1) is 0 Å². The van der Waals surface area contributed by atoms with Gasteiger partial charge < -0.3 is 4.90 Å². The molecule has 0 N–H and O–H groups in total. The maximum absolute atomic E-state index is 11.6. The molecule has 76 valence electrons. The van der Waals surface area contributed by atoms with E-state index in [2.05, 4.69) is 0 Å². The molecule has 1 rings (SSSR count). The minimum Gasteiger partial charge on any atom is -0.309 e. The Morgan fingerprint density at radius 2 is 2.07 bits per heavy atom. The number of anilines is 1. The van der Waals surface area contributed by atoms with Crippen molar-refractivity contribution in [1.82, 2.24) is 0 Å². The molecule has 2 nitrogen and oxygen atoms in total. The minimum atomic E-state index is -1.01. The van der Waals surface area contributed by atoms with Crippen molar-refractivity contribution in [3.63, 3.8) is 0 Å². The van der Waals surface area contributed by atoms with Crippen LogP contribution in [0.15, 0.2) is 30.3 Å². The quantitative estimate of drug-likeness (QED) is 0.706. The number of carbonyl (C=O) groups excluding carboxylic acids is 1. The van der Waals surface area contributed by atoms with Crippen molar-refractivity contribution in [3.05, 3.63) is 30.3 Å². The lowest BCUT2D eigenvalue weighted by Crippen LogP contribution is -2.37. The number of nitrogens with zero attached hydrogens (tertiary/aromatic N) is 1. The summed E-state index contributed by atoms with van der Waals surface area (Å²) in [7, 11) is 0. The molecule has 3 heteroatoms. The van der Waals surface area contributed by atoms with E-state index in [0.717, 1.165) is 0 Å². The van der Waals surface area contributed by atoms with Crippen LogP contribution in [0.3, 0.4) is 0 Å². The third-order valence-electron chi connectivity index (χ3n) is 1.83. The van der Waals surface area contributed by atoms with Crippen LogP contribution in [0.25, 0.3) is 0 Å². The van der Waals surface area contributed by atoms with Gasteiger partial charge in [0.05, 0.1) is 1.37 Å². The molecule has 0 spiro atoms. The lowest BCUT2D eigenvalue weighted by atomic mass is 10.2. The molecule has 0 unspecified atom stereocenters. The third-order valence-corrected chi connectivity index (χ3v) is 2.05. The Morgan fingerprint density at radius 3 is 2.50 bits per heavy atom. The molecule has 0 bridgehead atoms. The van der Waals surface area contributed by atoms with Crippen LogP contribution in [0.4, 0.5) is 5.69 Å². The van der Waals surface area contributed by atoms with Gasteiger partial charge in [0.15, 0.2) is 0 Å². The van der Waals surface area contributed by atoms with Gasteiger partial charge in [-0.15, -0.1) is 11.6 Å². The number of halogens is 1. The lowest BCUT2D eigenvalue weighted by Gasteiger charge is -2.25. The smallest absolute Gasteiger partial charge is 0.242 e. The predicted octanol–water partition coefficient (Wildman–Crippen LogP) is 2.67. The van der Waals surface area contributed by atoms with E-state index in [4.69, 9.17) is 13.0 Å². The van der Waals surface area contributed by atoms with E-state index in [1.165, 1.54) is 4.90 Å². The fourth-order valence-electron chi connectivity index (χ4n) is 1.29. The predicted molar refractivity (Wildman–Crippen MR) is 59.8 cm³/mol. The summed E-state index contributed by atoms with van der Waals surface area (Å²) < 4.78 is 7.91. The van der Waals surface area contributed by atoms with Gasteiger partial charge in [-0.05, 0) is 26.0 Å². The van der Waals surface area contributed by atoms with Crippen LogP contribution in [0.2, 0.25) is 0 Å². The second-order valence-corrected chi connectivity index (χ2v) is 3.41. The molecule has 0 aliphatic rings. The largest absolute Gasteiger partial charge is 0.309 e. The average Bonchev–Trinajstić information content (AvgIpc) is 2.17. The van der Waals surface area contributed by atoms with E-state index in [-0.39, 0.29) is 11.8 Å². The van der Waals surface area contributed by atoms with Gasteiger partial charge in [-0.3, -0.25) is 4.79 Å². The second-order valence-electron chi connectivity index (χ2n) is 3.15. The summed E-state index contributed by atoms with van der Waals surface area (Å²) in [6, 6.07) is 8.10. The highest BCUT2D eigenvalue weighted by molar-refractivity contribution is 6.29. The minimum absolute atomic E-state index is 0.114. The number of rotatable bonds is 3. The number of amides is 1. The summed E-state index contributed by atoms with van der Waals surface area (Å²) in [5, 5.41) is 0. The molecular weight excluding hydrogens is 198 g/mol. The average molecular weight is 213 g/mol. The summed E-state index contributed by atoms with van der Waals surface area (Å²) in [6.07, 6.45) is 0. The number of benzene rings is 1. The van der Waals surface area contributed by atoms with Crippen molar-refractivity contribution in [1.29, 1.82) is 0 Å². The van der Waals surface area contributed by atoms with Gasteiger partial charge in [-0.25, -0.2) is 0 Å². The van der Waals surface area contributed by atoms with E-state index < -0.39 is 6.02 Å². The molecule has 1 amide bonds. The van der Waals surface area contributed by atoms with Crippen LogP contribution in [0.1, 0.15) is 15.2 Å². The van der Waals surface area contributed by atoms with Crippen molar-refractivity contribution in [2.45, 2.75) is 19.9 Å². The molecule has 1 aromatic rings. The Labute approximate surface area is 90.9 Å². The fourth-order valence-corrected chi connectivity index (χ4v) is 1.41. The monoisotopic (exact) mass is 212 g/mol. The highest BCUT2D eigenvalue weighted by Gasteiger charge is 2.17. The van der Waals surface area contributed by atoms with Crippen molar-refractivity contribution in [3.8, 4) is 0 Å². The molecule has 14 heavy (non-hydrogen) atoms. The molecule has 0 saturated heterocycles. The van der Waals surface area contributed by atoms with Crippen LogP contribution in [-0.4, -0.2) is 17.8 Å². The van der Waals surface area contributed by atoms with Gasteiger partial charge in [-0.1, -0.05) is 18.2 Å². The van der Waals surface area contributed by atoms with Gasteiger partial charge in [0.25, 0.3) is 0 Å². The molecule has 0 fully saturated rings. The molecule has 0 radical (unpaired) electrons. The molecule has 0 aromatic heterocycles. The molecule has 0 aliphatic heterocycles. The molecule has 0 atom stereocenters. The summed E-state index contributed by atoms with van der Waals surface area (Å²) >= 11 is 5.53. The maximum atomic E-state index is 11.6. The topological polar surface area (TPSA) is 20.3 Å². The van der Waals surface area contributed by atoms with Gasteiger partial charge >= 0.3 is 0 Å². The second kappa shape index (κ2) is 5.01. The number of carbonyl (C=O) groups is 1. The highest BCUT2D eigenvalue weighted by Crippen LogP contribution is 2.16. The Morgan fingerprint density at radius 1 is 1.50 bits per heavy atom. The Kier molecular flexibility index (Phi) is 3.41. The van der Waals surface area contributed by atoms with Crippen LogP contribution in [0.5, 0.6) is 0 Å². The van der Waals surface area contributed by atoms with E-state index >= 15 is 0 Å². The van der Waals surface area contributed by atoms with Crippen molar-refractivity contribution in [2.24, 2.45) is 0 Å². The maximum Gasteiger partial charge on any atom is 0.242 e. The molecular formula is C11H14ClNO. The molecule has 0 heterocycles. The van der Waals surface area contributed by atoms with Crippen LogP contribution < -0.4 is 4.90 Å². The number of para-hydroxylation sites is 1. The number of alkyl halides is 1. The van der Waals surface area contributed by atoms with Crippen molar-refractivity contribution in [2.75, 3.05) is 10.8 Å². The first-order chi connectivity index (χ1) is 6.96. The van der Waals surface area contributed by atoms with Gasteiger partial charge in [0.1, 0.15) is 5.88 Å². The molecule has 0 saturated carbocycles. The number of hydrogen-bond donors (Lipinski definition) is 0. The Hall–Kier alpha value is -1.02. The van der Waals surface area contributed by atoms with Crippen LogP contribution in [-0.2, 0) is 4.79 Å². The van der Waals surface area contributed by atoms with Crippen LogP contribution >= 0.6 is 11.6 Å². The van der Waals surface area contributed by atoms with E-state index in [1.807, 2.05) is 18.2 Å². The zero-order chi connectivity index (χ0) is 11.5. The van der Waals surface area contributed by atoms with Crippen molar-refractivity contribution >= 4 is 23.2 Å². The zero-order valence-electron chi connectivity index (χ0n) is 9.33.